The second-order valence-corrected chi connectivity index (χ2v) is 5.67. The van der Waals surface area contributed by atoms with Crippen LogP contribution in [-0.4, -0.2) is 15.9 Å². The van der Waals surface area contributed by atoms with E-state index in [4.69, 9.17) is 10.5 Å². The normalized spacial score (nSPS) is 10.3. The molecule has 0 saturated heterocycles. The zero-order chi connectivity index (χ0) is 16.1. The van der Waals surface area contributed by atoms with E-state index in [0.717, 1.165) is 5.56 Å². The number of nitrogens with zero attached hydrogens (tertiary/aromatic N) is 2. The van der Waals surface area contributed by atoms with Crippen LogP contribution in [0.3, 0.4) is 0 Å². The Balaban J connectivity index is 1.73. The first-order valence-corrected chi connectivity index (χ1v) is 7.68. The molecule has 3 N–H and O–H groups in total. The van der Waals surface area contributed by atoms with Gasteiger partial charge in [0.2, 0.25) is 0 Å². The number of carbonyl (C=O) groups excluding carboxylic acids is 1. The molecule has 0 aliphatic heterocycles. The number of thiazole rings is 1. The molecule has 1 aromatic carbocycles. The van der Waals surface area contributed by atoms with Crippen LogP contribution in [0.5, 0.6) is 5.75 Å². The summed E-state index contributed by atoms with van der Waals surface area (Å²) in [7, 11) is 0. The molecule has 23 heavy (non-hydrogen) atoms. The van der Waals surface area contributed by atoms with Crippen molar-refractivity contribution in [1.29, 1.82) is 0 Å². The molecular weight excluding hydrogens is 312 g/mol. The highest BCUT2D eigenvalue weighted by Crippen LogP contribution is 2.28. The minimum atomic E-state index is -0.503. The van der Waals surface area contributed by atoms with Gasteiger partial charge in [0.15, 0.2) is 16.7 Å². The Labute approximate surface area is 137 Å². The molecule has 3 aromatic rings. The summed E-state index contributed by atoms with van der Waals surface area (Å²) in [6, 6.07) is 13.5. The zero-order valence-electron chi connectivity index (χ0n) is 12.1. The summed E-state index contributed by atoms with van der Waals surface area (Å²) in [4.78, 5) is 19.9. The van der Waals surface area contributed by atoms with Crippen LogP contribution in [0.2, 0.25) is 0 Å². The maximum atomic E-state index is 11.1. The monoisotopic (exact) mass is 326 g/mol. The van der Waals surface area contributed by atoms with Crippen molar-refractivity contribution < 1.29 is 9.53 Å². The van der Waals surface area contributed by atoms with Crippen LogP contribution >= 0.6 is 11.3 Å². The van der Waals surface area contributed by atoms with Crippen molar-refractivity contribution in [3.8, 4) is 5.75 Å². The summed E-state index contributed by atoms with van der Waals surface area (Å²) in [5.41, 5.74) is 6.29. The highest BCUT2D eigenvalue weighted by molar-refractivity contribution is 7.17. The lowest BCUT2D eigenvalue weighted by atomic mass is 10.2. The minimum Gasteiger partial charge on any atom is -0.485 e. The lowest BCUT2D eigenvalue weighted by Crippen LogP contribution is -2.08. The molecule has 116 valence electrons. The van der Waals surface area contributed by atoms with Crippen molar-refractivity contribution in [2.45, 2.75) is 6.61 Å². The Morgan fingerprint density at radius 1 is 1.17 bits per heavy atom. The minimum absolute atomic E-state index is 0.384. The number of ether oxygens (including phenoxy) is 1. The van der Waals surface area contributed by atoms with Gasteiger partial charge in [0, 0.05) is 6.20 Å². The molecule has 2 heterocycles. The molecule has 0 aliphatic carbocycles. The number of nitrogens with one attached hydrogen (secondary N) is 1. The smallest absolute Gasteiger partial charge is 0.260 e. The summed E-state index contributed by atoms with van der Waals surface area (Å²) in [5.74, 6) is 0.637. The fraction of sp³-hybridized carbons (Fsp3) is 0.0625. The van der Waals surface area contributed by atoms with Crippen LogP contribution in [-0.2, 0) is 6.61 Å². The average molecular weight is 326 g/mol. The predicted molar refractivity (Wildman–Crippen MR) is 88.9 cm³/mol. The van der Waals surface area contributed by atoms with Crippen LogP contribution in [0.25, 0.3) is 0 Å². The van der Waals surface area contributed by atoms with E-state index in [1.54, 1.807) is 12.3 Å². The van der Waals surface area contributed by atoms with Gasteiger partial charge in [-0.15, -0.1) is 0 Å². The van der Waals surface area contributed by atoms with Crippen molar-refractivity contribution in [3.05, 3.63) is 65.3 Å². The Bertz CT molecular complexity index is 805. The van der Waals surface area contributed by atoms with E-state index in [0.29, 0.717) is 28.2 Å². The molecule has 0 saturated carbocycles. The first kappa shape index (κ1) is 15.0. The summed E-state index contributed by atoms with van der Waals surface area (Å²) >= 11 is 1.17. The second-order valence-electron chi connectivity index (χ2n) is 4.64. The Morgan fingerprint density at radius 2 is 2.00 bits per heavy atom. The molecule has 6 nitrogen and oxygen atoms in total. The van der Waals surface area contributed by atoms with Gasteiger partial charge in [-0.2, -0.15) is 0 Å². The summed E-state index contributed by atoms with van der Waals surface area (Å²) in [5, 5.41) is 3.58. The summed E-state index contributed by atoms with van der Waals surface area (Å²) in [6.07, 6.45) is 3.09. The van der Waals surface area contributed by atoms with Crippen molar-refractivity contribution in [1.82, 2.24) is 9.97 Å². The number of benzene rings is 1. The quantitative estimate of drug-likeness (QED) is 0.727. The van der Waals surface area contributed by atoms with Gasteiger partial charge < -0.3 is 15.8 Å². The van der Waals surface area contributed by atoms with E-state index in [1.165, 1.54) is 17.5 Å². The molecule has 7 heteroatoms. The fourth-order valence-electron chi connectivity index (χ4n) is 1.88. The first-order chi connectivity index (χ1) is 11.2. The van der Waals surface area contributed by atoms with Crippen LogP contribution in [0.15, 0.2) is 54.9 Å². The Kier molecular flexibility index (Phi) is 4.49. The molecule has 1 amide bonds. The number of nitrogens with two attached hydrogens (primary N) is 1. The third-order valence-electron chi connectivity index (χ3n) is 2.98. The fourth-order valence-corrected chi connectivity index (χ4v) is 2.55. The SMILES string of the molecule is NC(=O)c1cnc(Nc2ncccc2OCc2ccccc2)s1. The standard InChI is InChI=1S/C16H14N4O2S/c17-14(21)13-9-19-16(23-13)20-15-12(7-4-8-18-15)22-10-11-5-2-1-3-6-11/h1-9H,10H2,(H2,17,21)(H,18,19,20). The number of primary amides is 1. The zero-order valence-corrected chi connectivity index (χ0v) is 12.9. The molecule has 0 spiro atoms. The molecule has 0 unspecified atom stereocenters. The molecule has 0 aliphatic rings. The number of pyridine rings is 1. The van der Waals surface area contributed by atoms with Crippen molar-refractivity contribution in [2.24, 2.45) is 5.73 Å². The van der Waals surface area contributed by atoms with Gasteiger partial charge in [0.1, 0.15) is 11.5 Å². The molecule has 2 aromatic heterocycles. The number of anilines is 2. The van der Waals surface area contributed by atoms with Gasteiger partial charge in [-0.1, -0.05) is 41.7 Å². The second kappa shape index (κ2) is 6.89. The van der Waals surface area contributed by atoms with E-state index in [2.05, 4.69) is 15.3 Å². The van der Waals surface area contributed by atoms with Crippen molar-refractivity contribution >= 4 is 28.2 Å². The van der Waals surface area contributed by atoms with Gasteiger partial charge in [0.25, 0.3) is 5.91 Å². The molecule has 0 fully saturated rings. The highest BCUT2D eigenvalue weighted by Gasteiger charge is 2.10. The van der Waals surface area contributed by atoms with Gasteiger partial charge >= 0.3 is 0 Å². The van der Waals surface area contributed by atoms with E-state index in [9.17, 15) is 4.79 Å². The Hall–Kier alpha value is -2.93. The number of aromatic nitrogens is 2. The molecule has 0 atom stereocenters. The van der Waals surface area contributed by atoms with Crippen LogP contribution in [0.4, 0.5) is 10.9 Å². The van der Waals surface area contributed by atoms with Crippen LogP contribution < -0.4 is 15.8 Å². The molecule has 3 rings (SSSR count). The van der Waals surface area contributed by atoms with Gasteiger partial charge in [0.05, 0.1) is 6.20 Å². The lowest BCUT2D eigenvalue weighted by Gasteiger charge is -2.10. The maximum Gasteiger partial charge on any atom is 0.260 e. The third-order valence-corrected chi connectivity index (χ3v) is 3.91. The van der Waals surface area contributed by atoms with E-state index < -0.39 is 5.91 Å². The molecular formula is C16H14N4O2S. The maximum absolute atomic E-state index is 11.1. The van der Waals surface area contributed by atoms with E-state index >= 15 is 0 Å². The van der Waals surface area contributed by atoms with Crippen LogP contribution in [0, 0.1) is 0 Å². The molecule has 0 radical (unpaired) electrons. The number of hydrogen-bond acceptors (Lipinski definition) is 6. The van der Waals surface area contributed by atoms with Gasteiger partial charge in [-0.05, 0) is 17.7 Å². The average Bonchev–Trinajstić information content (AvgIpc) is 3.04. The largest absolute Gasteiger partial charge is 0.485 e. The van der Waals surface area contributed by atoms with E-state index in [-0.39, 0.29) is 0 Å². The van der Waals surface area contributed by atoms with Crippen molar-refractivity contribution in [2.75, 3.05) is 5.32 Å². The predicted octanol–water partition coefficient (Wildman–Crippen LogP) is 2.96. The highest BCUT2D eigenvalue weighted by atomic mass is 32.1. The number of hydrogen-bond donors (Lipinski definition) is 2. The molecule has 0 bridgehead atoms. The number of amides is 1. The van der Waals surface area contributed by atoms with Crippen molar-refractivity contribution in [3.63, 3.8) is 0 Å². The van der Waals surface area contributed by atoms with Crippen LogP contribution in [0.1, 0.15) is 15.2 Å². The van der Waals surface area contributed by atoms with E-state index in [1.807, 2.05) is 36.4 Å². The number of rotatable bonds is 6. The lowest BCUT2D eigenvalue weighted by molar-refractivity contribution is 0.100. The third kappa shape index (κ3) is 3.83. The van der Waals surface area contributed by atoms with Gasteiger partial charge in [-0.3, -0.25) is 4.79 Å². The Morgan fingerprint density at radius 3 is 2.74 bits per heavy atom. The van der Waals surface area contributed by atoms with Gasteiger partial charge in [-0.25, -0.2) is 9.97 Å². The first-order valence-electron chi connectivity index (χ1n) is 6.87. The summed E-state index contributed by atoms with van der Waals surface area (Å²) < 4.78 is 5.81. The topological polar surface area (TPSA) is 90.1 Å². The number of carbonyl (C=O) groups is 1. The summed E-state index contributed by atoms with van der Waals surface area (Å²) in [6.45, 7) is 0.436.